The van der Waals surface area contributed by atoms with Gasteiger partial charge in [0.25, 0.3) is 8.32 Å². The Morgan fingerprint density at radius 1 is 1.38 bits per heavy atom. The molecule has 90 valence electrons. The van der Waals surface area contributed by atoms with Gasteiger partial charge >= 0.3 is 0 Å². The third-order valence-electron chi connectivity index (χ3n) is 3.03. The summed E-state index contributed by atoms with van der Waals surface area (Å²) in [5.74, 6) is 0. The van der Waals surface area contributed by atoms with Crippen LogP contribution in [0.15, 0.2) is 0 Å². The zero-order valence-corrected chi connectivity index (χ0v) is 12.6. The minimum absolute atomic E-state index is 0.158. The summed E-state index contributed by atoms with van der Waals surface area (Å²) < 4.78 is 6.12. The SMILES string of the molecule is Cc1nc(C=O)sc1O[Si](C)(C)C(C)(C)C. The summed E-state index contributed by atoms with van der Waals surface area (Å²) in [4.78, 5) is 14.8. The molecule has 0 amide bonds. The number of aryl methyl sites for hydroxylation is 1. The minimum Gasteiger partial charge on any atom is -0.535 e. The van der Waals surface area contributed by atoms with E-state index in [1.54, 1.807) is 0 Å². The summed E-state index contributed by atoms with van der Waals surface area (Å²) in [6, 6.07) is 0. The van der Waals surface area contributed by atoms with Gasteiger partial charge in [0, 0.05) is 0 Å². The molecule has 0 aliphatic heterocycles. The lowest BCUT2D eigenvalue weighted by Gasteiger charge is -2.35. The molecule has 1 rings (SSSR count). The van der Waals surface area contributed by atoms with Gasteiger partial charge in [0.05, 0.1) is 5.69 Å². The van der Waals surface area contributed by atoms with Gasteiger partial charge in [0.1, 0.15) is 0 Å². The third kappa shape index (κ3) is 2.71. The Morgan fingerprint density at radius 3 is 2.31 bits per heavy atom. The Morgan fingerprint density at radius 2 is 1.94 bits per heavy atom. The second kappa shape index (κ2) is 4.29. The highest BCUT2D eigenvalue weighted by molar-refractivity contribution is 7.15. The van der Waals surface area contributed by atoms with Crippen LogP contribution in [0, 0.1) is 6.92 Å². The molecule has 0 bridgehead atoms. The Hall–Kier alpha value is -0.683. The molecule has 5 heteroatoms. The number of hydrogen-bond acceptors (Lipinski definition) is 4. The lowest BCUT2D eigenvalue weighted by molar-refractivity contribution is 0.112. The number of rotatable bonds is 3. The average Bonchev–Trinajstić information content (AvgIpc) is 2.44. The smallest absolute Gasteiger partial charge is 0.251 e. The maximum atomic E-state index is 10.6. The molecular formula is C11H19NO2SSi. The van der Waals surface area contributed by atoms with Crippen molar-refractivity contribution in [2.45, 2.75) is 45.8 Å². The van der Waals surface area contributed by atoms with Gasteiger partial charge < -0.3 is 4.43 Å². The quantitative estimate of drug-likeness (QED) is 0.613. The number of aldehydes is 1. The number of hydrogen-bond donors (Lipinski definition) is 0. The monoisotopic (exact) mass is 257 g/mol. The highest BCUT2D eigenvalue weighted by atomic mass is 32.1. The van der Waals surface area contributed by atoms with E-state index in [0.29, 0.717) is 5.01 Å². The number of carbonyl (C=O) groups excluding carboxylic acids is 1. The van der Waals surface area contributed by atoms with Crippen molar-refractivity contribution in [1.82, 2.24) is 4.98 Å². The third-order valence-corrected chi connectivity index (χ3v) is 8.46. The molecule has 0 unspecified atom stereocenters. The molecule has 1 aromatic heterocycles. The molecule has 0 aliphatic carbocycles. The molecule has 0 saturated heterocycles. The lowest BCUT2D eigenvalue weighted by Crippen LogP contribution is -2.43. The van der Waals surface area contributed by atoms with Crippen molar-refractivity contribution in [2.75, 3.05) is 0 Å². The summed E-state index contributed by atoms with van der Waals surface area (Å²) in [6.07, 6.45) is 0.774. The van der Waals surface area contributed by atoms with E-state index in [0.717, 1.165) is 17.0 Å². The first kappa shape index (κ1) is 13.4. The van der Waals surface area contributed by atoms with E-state index in [2.05, 4.69) is 38.8 Å². The molecule has 1 heterocycles. The molecule has 16 heavy (non-hydrogen) atoms. The van der Waals surface area contributed by atoms with Crippen LogP contribution in [0.25, 0.3) is 0 Å². The van der Waals surface area contributed by atoms with Crippen molar-refractivity contribution < 1.29 is 9.22 Å². The van der Waals surface area contributed by atoms with Gasteiger partial charge in [-0.25, -0.2) is 4.98 Å². The summed E-state index contributed by atoms with van der Waals surface area (Å²) >= 11 is 1.34. The molecule has 0 saturated carbocycles. The van der Waals surface area contributed by atoms with Crippen LogP contribution in [0.5, 0.6) is 5.06 Å². The van der Waals surface area contributed by atoms with Crippen molar-refractivity contribution in [3.8, 4) is 5.06 Å². The largest absolute Gasteiger partial charge is 0.535 e. The van der Waals surface area contributed by atoms with Gasteiger partial charge in [-0.2, -0.15) is 0 Å². The van der Waals surface area contributed by atoms with Crippen LogP contribution in [0.2, 0.25) is 18.1 Å². The van der Waals surface area contributed by atoms with Gasteiger partial charge in [0.15, 0.2) is 16.4 Å². The molecule has 0 aliphatic rings. The summed E-state index contributed by atoms with van der Waals surface area (Å²) in [7, 11) is -1.82. The predicted molar refractivity (Wildman–Crippen MR) is 70.1 cm³/mol. The zero-order chi connectivity index (χ0) is 12.6. The van der Waals surface area contributed by atoms with Gasteiger partial charge in [-0.05, 0) is 25.1 Å². The first-order valence-electron chi connectivity index (χ1n) is 5.29. The van der Waals surface area contributed by atoms with Crippen LogP contribution in [-0.4, -0.2) is 19.6 Å². The van der Waals surface area contributed by atoms with Crippen LogP contribution in [0.3, 0.4) is 0 Å². The van der Waals surface area contributed by atoms with Crippen molar-refractivity contribution in [3.05, 3.63) is 10.7 Å². The van der Waals surface area contributed by atoms with Crippen molar-refractivity contribution in [1.29, 1.82) is 0 Å². The molecule has 0 fully saturated rings. The van der Waals surface area contributed by atoms with E-state index in [4.69, 9.17) is 4.43 Å². The van der Waals surface area contributed by atoms with Gasteiger partial charge in [-0.3, -0.25) is 4.79 Å². The van der Waals surface area contributed by atoms with Gasteiger partial charge in [0.2, 0.25) is 0 Å². The standard InChI is InChI=1S/C11H19NO2SSi/c1-8-10(15-9(7-13)12-8)14-16(5,6)11(2,3)4/h7H,1-6H3. The highest BCUT2D eigenvalue weighted by Crippen LogP contribution is 2.39. The number of aromatic nitrogens is 1. The maximum Gasteiger partial charge on any atom is 0.251 e. The van der Waals surface area contributed by atoms with E-state index in [1.807, 2.05) is 6.92 Å². The highest BCUT2D eigenvalue weighted by Gasteiger charge is 2.39. The number of carbonyl (C=O) groups is 1. The van der Waals surface area contributed by atoms with Gasteiger partial charge in [-0.1, -0.05) is 32.1 Å². The van der Waals surface area contributed by atoms with E-state index in [1.165, 1.54) is 11.3 Å². The van der Waals surface area contributed by atoms with Crippen LogP contribution in [-0.2, 0) is 0 Å². The number of thiazole rings is 1. The predicted octanol–water partition coefficient (Wildman–Crippen LogP) is 3.65. The van der Waals surface area contributed by atoms with Gasteiger partial charge in [-0.15, -0.1) is 0 Å². The first-order valence-corrected chi connectivity index (χ1v) is 9.01. The van der Waals surface area contributed by atoms with Crippen LogP contribution in [0.1, 0.15) is 36.3 Å². The van der Waals surface area contributed by atoms with E-state index in [-0.39, 0.29) is 5.04 Å². The maximum absolute atomic E-state index is 10.6. The minimum atomic E-state index is -1.82. The Labute approximate surface area is 102 Å². The fourth-order valence-electron chi connectivity index (χ4n) is 0.933. The Balaban J connectivity index is 2.96. The summed E-state index contributed by atoms with van der Waals surface area (Å²) in [6.45, 7) is 12.8. The lowest BCUT2D eigenvalue weighted by atomic mass is 10.2. The molecule has 0 radical (unpaired) electrons. The molecular weight excluding hydrogens is 238 g/mol. The number of nitrogens with zero attached hydrogens (tertiary/aromatic N) is 1. The normalized spacial score (nSPS) is 12.6. The molecule has 0 atom stereocenters. The zero-order valence-electron chi connectivity index (χ0n) is 10.7. The van der Waals surface area contributed by atoms with E-state index < -0.39 is 8.32 Å². The van der Waals surface area contributed by atoms with Crippen LogP contribution in [0.4, 0.5) is 0 Å². The van der Waals surface area contributed by atoms with Crippen LogP contribution < -0.4 is 4.43 Å². The molecule has 0 spiro atoms. The summed E-state index contributed by atoms with van der Waals surface area (Å²) in [5, 5.41) is 1.45. The topological polar surface area (TPSA) is 39.2 Å². The fourth-order valence-corrected chi connectivity index (χ4v) is 3.26. The Bertz CT molecular complexity index is 393. The summed E-state index contributed by atoms with van der Waals surface area (Å²) in [5.41, 5.74) is 0.817. The first-order chi connectivity index (χ1) is 7.17. The molecule has 3 nitrogen and oxygen atoms in total. The second-order valence-corrected chi connectivity index (χ2v) is 11.1. The van der Waals surface area contributed by atoms with Crippen molar-refractivity contribution in [2.24, 2.45) is 0 Å². The average molecular weight is 257 g/mol. The van der Waals surface area contributed by atoms with Crippen molar-refractivity contribution in [3.63, 3.8) is 0 Å². The second-order valence-electron chi connectivity index (χ2n) is 5.41. The fraction of sp³-hybridized carbons (Fsp3) is 0.636. The van der Waals surface area contributed by atoms with E-state index in [9.17, 15) is 4.79 Å². The van der Waals surface area contributed by atoms with E-state index >= 15 is 0 Å². The Kier molecular flexibility index (Phi) is 3.59. The molecule has 0 N–H and O–H groups in total. The molecule has 0 aromatic carbocycles. The van der Waals surface area contributed by atoms with Crippen molar-refractivity contribution >= 4 is 25.9 Å². The molecule has 1 aromatic rings. The van der Waals surface area contributed by atoms with Crippen LogP contribution >= 0.6 is 11.3 Å².